The van der Waals surface area contributed by atoms with Crippen LogP contribution in [0, 0.1) is 0 Å². The number of halogens is 1. The molecule has 0 radical (unpaired) electrons. The molecule has 4 heteroatoms. The van der Waals surface area contributed by atoms with Crippen LogP contribution in [0.15, 0.2) is 28.7 Å². The summed E-state index contributed by atoms with van der Waals surface area (Å²) in [7, 11) is 0. The summed E-state index contributed by atoms with van der Waals surface area (Å²) in [6.07, 6.45) is 0. The average molecular weight is 343 g/mol. The maximum atomic E-state index is 6.27. The second-order valence-corrected chi connectivity index (χ2v) is 8.66. The van der Waals surface area contributed by atoms with Gasteiger partial charge in [-0.25, -0.2) is 0 Å². The highest BCUT2D eigenvalue weighted by Gasteiger charge is 2.33. The van der Waals surface area contributed by atoms with E-state index in [-0.39, 0.29) is 6.04 Å². The van der Waals surface area contributed by atoms with Crippen LogP contribution in [0.3, 0.4) is 0 Å². The van der Waals surface area contributed by atoms with Crippen molar-refractivity contribution in [2.75, 3.05) is 18.8 Å². The Morgan fingerprint density at radius 3 is 2.74 bits per heavy atom. The van der Waals surface area contributed by atoms with E-state index >= 15 is 0 Å². The Morgan fingerprint density at radius 1 is 1.42 bits per heavy atom. The lowest BCUT2D eigenvalue weighted by Gasteiger charge is -2.43. The van der Waals surface area contributed by atoms with Gasteiger partial charge in [0.1, 0.15) is 0 Å². The van der Waals surface area contributed by atoms with Crippen LogP contribution >= 0.6 is 27.7 Å². The predicted molar refractivity (Wildman–Crippen MR) is 88.6 cm³/mol. The Bertz CT molecular complexity index is 434. The van der Waals surface area contributed by atoms with E-state index in [1.165, 1.54) is 11.3 Å². The van der Waals surface area contributed by atoms with Crippen molar-refractivity contribution in [1.29, 1.82) is 0 Å². The minimum Gasteiger partial charge on any atom is -0.326 e. The molecule has 2 N–H and O–H groups in total. The van der Waals surface area contributed by atoms with Crippen LogP contribution in [0.2, 0.25) is 0 Å². The third kappa shape index (κ3) is 3.97. The molecule has 2 rings (SSSR count). The van der Waals surface area contributed by atoms with Gasteiger partial charge in [-0.2, -0.15) is 11.8 Å². The second-order valence-electron chi connectivity index (χ2n) is 5.94. The molecule has 106 valence electrons. The largest absolute Gasteiger partial charge is 0.326 e. The van der Waals surface area contributed by atoms with Gasteiger partial charge in [-0.15, -0.1) is 0 Å². The molecule has 0 bridgehead atoms. The number of nitrogens with zero attached hydrogens (tertiary/aromatic N) is 1. The molecule has 1 aromatic carbocycles. The van der Waals surface area contributed by atoms with Crippen LogP contribution in [0.25, 0.3) is 0 Å². The molecular formula is C15H23BrN2S. The SMILES string of the molecule is CC(N)C(c1cccc(Br)c1)N1CCSC(C)(C)C1. The van der Waals surface area contributed by atoms with Gasteiger partial charge in [0.2, 0.25) is 0 Å². The van der Waals surface area contributed by atoms with E-state index in [2.05, 4.69) is 77.6 Å². The van der Waals surface area contributed by atoms with Crippen LogP contribution in [-0.4, -0.2) is 34.5 Å². The maximum absolute atomic E-state index is 6.27. The molecule has 1 aliphatic heterocycles. The lowest BCUT2D eigenvalue weighted by molar-refractivity contribution is 0.168. The van der Waals surface area contributed by atoms with Crippen LogP contribution in [0.4, 0.5) is 0 Å². The van der Waals surface area contributed by atoms with E-state index in [1.807, 2.05) is 0 Å². The fourth-order valence-corrected chi connectivity index (χ4v) is 4.38. The number of thioether (sulfide) groups is 1. The zero-order valence-electron chi connectivity index (χ0n) is 11.9. The zero-order valence-corrected chi connectivity index (χ0v) is 14.3. The second kappa shape index (κ2) is 6.17. The first-order valence-corrected chi connectivity index (χ1v) is 8.56. The van der Waals surface area contributed by atoms with Gasteiger partial charge in [-0.3, -0.25) is 4.90 Å². The molecule has 2 unspecified atom stereocenters. The highest BCUT2D eigenvalue weighted by atomic mass is 79.9. The number of benzene rings is 1. The third-order valence-electron chi connectivity index (χ3n) is 3.54. The minimum atomic E-state index is 0.133. The third-order valence-corrected chi connectivity index (χ3v) is 5.33. The molecule has 0 aliphatic carbocycles. The van der Waals surface area contributed by atoms with Crippen LogP contribution in [-0.2, 0) is 0 Å². The fourth-order valence-electron chi connectivity index (χ4n) is 2.83. The summed E-state index contributed by atoms with van der Waals surface area (Å²) >= 11 is 5.62. The molecule has 19 heavy (non-hydrogen) atoms. The van der Waals surface area contributed by atoms with E-state index in [9.17, 15) is 0 Å². The van der Waals surface area contributed by atoms with Crippen molar-refractivity contribution in [1.82, 2.24) is 4.90 Å². The molecule has 1 saturated heterocycles. The van der Waals surface area contributed by atoms with Gasteiger partial charge in [0, 0.05) is 40.1 Å². The molecule has 2 nitrogen and oxygen atoms in total. The van der Waals surface area contributed by atoms with Crippen molar-refractivity contribution < 1.29 is 0 Å². The first-order valence-electron chi connectivity index (χ1n) is 6.78. The molecule has 1 fully saturated rings. The van der Waals surface area contributed by atoms with Crippen molar-refractivity contribution in [2.45, 2.75) is 37.6 Å². The monoisotopic (exact) mass is 342 g/mol. The molecule has 1 aromatic rings. The summed E-state index contributed by atoms with van der Waals surface area (Å²) in [6, 6.07) is 8.98. The first kappa shape index (κ1) is 15.4. The van der Waals surface area contributed by atoms with Gasteiger partial charge < -0.3 is 5.73 Å². The van der Waals surface area contributed by atoms with Crippen molar-refractivity contribution >= 4 is 27.7 Å². The summed E-state index contributed by atoms with van der Waals surface area (Å²) in [4.78, 5) is 2.54. The Balaban J connectivity index is 2.25. The lowest BCUT2D eigenvalue weighted by atomic mass is 9.98. The Labute approximate surface area is 129 Å². The average Bonchev–Trinajstić information content (AvgIpc) is 2.27. The topological polar surface area (TPSA) is 29.3 Å². The molecular weight excluding hydrogens is 320 g/mol. The van der Waals surface area contributed by atoms with Crippen LogP contribution < -0.4 is 5.73 Å². The summed E-state index contributed by atoms with van der Waals surface area (Å²) in [5.74, 6) is 1.18. The van der Waals surface area contributed by atoms with E-state index in [4.69, 9.17) is 5.73 Å². The van der Waals surface area contributed by atoms with Crippen molar-refractivity contribution in [2.24, 2.45) is 5.73 Å². The highest BCUT2D eigenvalue weighted by molar-refractivity contribution is 9.10. The molecule has 0 spiro atoms. The number of hydrogen-bond acceptors (Lipinski definition) is 3. The molecule has 0 saturated carbocycles. The fraction of sp³-hybridized carbons (Fsp3) is 0.600. The first-order chi connectivity index (χ1) is 8.89. The van der Waals surface area contributed by atoms with Gasteiger partial charge in [0.15, 0.2) is 0 Å². The van der Waals surface area contributed by atoms with E-state index in [1.54, 1.807) is 0 Å². The van der Waals surface area contributed by atoms with Gasteiger partial charge in [0.05, 0.1) is 0 Å². The molecule has 1 aliphatic rings. The summed E-state index contributed by atoms with van der Waals surface area (Å²) in [6.45, 7) is 8.97. The quantitative estimate of drug-likeness (QED) is 0.908. The normalized spacial score (nSPS) is 23.0. The van der Waals surface area contributed by atoms with E-state index in [0.29, 0.717) is 10.8 Å². The molecule has 0 aromatic heterocycles. The highest BCUT2D eigenvalue weighted by Crippen LogP contribution is 2.35. The van der Waals surface area contributed by atoms with Gasteiger partial charge >= 0.3 is 0 Å². The van der Waals surface area contributed by atoms with Crippen LogP contribution in [0.5, 0.6) is 0 Å². The summed E-state index contributed by atoms with van der Waals surface area (Å²) in [5, 5.41) is 0. The number of nitrogens with two attached hydrogens (primary N) is 1. The van der Waals surface area contributed by atoms with Crippen molar-refractivity contribution in [3.05, 3.63) is 34.3 Å². The lowest BCUT2D eigenvalue weighted by Crippen LogP contribution is -2.49. The summed E-state index contributed by atoms with van der Waals surface area (Å²) in [5.41, 5.74) is 7.59. The zero-order chi connectivity index (χ0) is 14.0. The van der Waals surface area contributed by atoms with Gasteiger partial charge in [-0.05, 0) is 38.5 Å². The van der Waals surface area contributed by atoms with Crippen LogP contribution in [0.1, 0.15) is 32.4 Å². The predicted octanol–water partition coefficient (Wildman–Crippen LogP) is 3.66. The van der Waals surface area contributed by atoms with E-state index < -0.39 is 0 Å². The van der Waals surface area contributed by atoms with E-state index in [0.717, 1.165) is 17.6 Å². The maximum Gasteiger partial charge on any atom is 0.0497 e. The Morgan fingerprint density at radius 2 is 2.16 bits per heavy atom. The van der Waals surface area contributed by atoms with Gasteiger partial charge in [-0.1, -0.05) is 28.1 Å². The van der Waals surface area contributed by atoms with Crippen molar-refractivity contribution in [3.63, 3.8) is 0 Å². The molecule has 1 heterocycles. The number of hydrogen-bond donors (Lipinski definition) is 1. The standard InChI is InChI=1S/C15H23BrN2S/c1-11(17)14(12-5-4-6-13(16)9-12)18-7-8-19-15(2,3)10-18/h4-6,9,11,14H,7-8,10,17H2,1-3H3. The minimum absolute atomic E-state index is 0.133. The van der Waals surface area contributed by atoms with Crippen molar-refractivity contribution in [3.8, 4) is 0 Å². The smallest absolute Gasteiger partial charge is 0.0497 e. The Kier molecular flexibility index (Phi) is 4.99. The molecule has 0 amide bonds. The Hall–Kier alpha value is -0.0300. The summed E-state index contributed by atoms with van der Waals surface area (Å²) < 4.78 is 1.44. The number of rotatable bonds is 3. The molecule has 2 atom stereocenters. The van der Waals surface area contributed by atoms with Gasteiger partial charge in [0.25, 0.3) is 0 Å².